The molecule has 0 bridgehead atoms. The van der Waals surface area contributed by atoms with Crippen LogP contribution < -0.4 is 5.73 Å². The fourth-order valence-electron chi connectivity index (χ4n) is 3.39. The number of nitrogens with two attached hydrogens (primary N) is 1. The topological polar surface area (TPSA) is 69.2 Å². The molecule has 0 amide bonds. The van der Waals surface area contributed by atoms with Crippen LogP contribution in [-0.2, 0) is 17.8 Å². The van der Waals surface area contributed by atoms with Gasteiger partial charge in [0.1, 0.15) is 5.82 Å². The summed E-state index contributed by atoms with van der Waals surface area (Å²) in [5, 5.41) is 6.40. The molecule has 0 saturated heterocycles. The number of rotatable bonds is 7. The average Bonchev–Trinajstić information content (AvgIpc) is 3.11. The predicted molar refractivity (Wildman–Crippen MR) is 112 cm³/mol. The second-order valence-corrected chi connectivity index (χ2v) is 7.12. The van der Waals surface area contributed by atoms with E-state index in [0.717, 1.165) is 30.4 Å². The molecule has 6 heteroatoms. The summed E-state index contributed by atoms with van der Waals surface area (Å²) in [6.07, 6.45) is 12.1. The molecule has 2 aromatic heterocycles. The maximum atomic E-state index is 5.95. The van der Waals surface area contributed by atoms with E-state index in [9.17, 15) is 0 Å². The van der Waals surface area contributed by atoms with Gasteiger partial charge in [-0.1, -0.05) is 24.3 Å². The van der Waals surface area contributed by atoms with Crippen LogP contribution in [0.5, 0.6) is 0 Å². The number of hydrogen-bond acceptors (Lipinski definition) is 5. The third-order valence-corrected chi connectivity index (χ3v) is 4.76. The van der Waals surface area contributed by atoms with E-state index < -0.39 is 0 Å². The van der Waals surface area contributed by atoms with Crippen molar-refractivity contribution in [3.8, 4) is 0 Å². The number of ether oxygens (including phenoxy) is 1. The minimum Gasteiger partial charge on any atom is -0.383 e. The van der Waals surface area contributed by atoms with Gasteiger partial charge in [0.05, 0.1) is 26.0 Å². The molecule has 0 aliphatic carbocycles. The molecule has 0 unspecified atom stereocenters. The Kier molecular flexibility index (Phi) is 5.39. The first-order chi connectivity index (χ1) is 13.7. The highest BCUT2D eigenvalue weighted by molar-refractivity contribution is 5.91. The molecule has 0 radical (unpaired) electrons. The number of anilines is 1. The van der Waals surface area contributed by atoms with Crippen LogP contribution in [0.15, 0.2) is 66.8 Å². The Balaban J connectivity index is 1.32. The lowest BCUT2D eigenvalue weighted by molar-refractivity contribution is 0.144. The Morgan fingerprint density at radius 3 is 3.04 bits per heavy atom. The van der Waals surface area contributed by atoms with Crippen LogP contribution in [0.2, 0.25) is 0 Å². The summed E-state index contributed by atoms with van der Waals surface area (Å²) >= 11 is 0. The monoisotopic (exact) mass is 375 g/mol. The van der Waals surface area contributed by atoms with Crippen molar-refractivity contribution in [2.75, 3.05) is 25.5 Å². The lowest BCUT2D eigenvalue weighted by atomic mass is 10.1. The molecule has 28 heavy (non-hydrogen) atoms. The van der Waals surface area contributed by atoms with Crippen LogP contribution in [0.25, 0.3) is 10.8 Å². The highest BCUT2D eigenvalue weighted by Crippen LogP contribution is 2.21. The van der Waals surface area contributed by atoms with Gasteiger partial charge in [0.25, 0.3) is 0 Å². The predicted octanol–water partition coefficient (Wildman–Crippen LogP) is 3.29. The van der Waals surface area contributed by atoms with Crippen LogP contribution in [0.4, 0.5) is 5.82 Å². The largest absolute Gasteiger partial charge is 0.383 e. The molecule has 1 aliphatic rings. The Morgan fingerprint density at radius 1 is 1.25 bits per heavy atom. The maximum absolute atomic E-state index is 5.95. The number of aromatic nitrogens is 3. The minimum absolute atomic E-state index is 0.578. The minimum atomic E-state index is 0.578. The molecule has 144 valence electrons. The Labute approximate surface area is 164 Å². The molecule has 6 nitrogen and oxygen atoms in total. The third kappa shape index (κ3) is 4.40. The Bertz CT molecular complexity index is 1020. The van der Waals surface area contributed by atoms with E-state index in [-0.39, 0.29) is 0 Å². The Hall–Kier alpha value is -3.12. The molecule has 0 fully saturated rings. The summed E-state index contributed by atoms with van der Waals surface area (Å²) in [5.74, 6) is 0.578. The summed E-state index contributed by atoms with van der Waals surface area (Å²) in [6.45, 7) is 5.80. The quantitative estimate of drug-likeness (QED) is 0.642. The number of aryl methyl sites for hydroxylation is 1. The van der Waals surface area contributed by atoms with Gasteiger partial charge in [-0.05, 0) is 41.1 Å². The first-order valence-corrected chi connectivity index (χ1v) is 9.48. The fraction of sp³-hybridized carbons (Fsp3) is 0.273. The number of nitrogen functional groups attached to an aromatic ring is 1. The van der Waals surface area contributed by atoms with Gasteiger partial charge >= 0.3 is 0 Å². The number of nitrogens with zero attached hydrogens (tertiary/aromatic N) is 4. The standard InChI is InChI=1S/C22H25N5O/c1-17-12-25-27(13-17)9-10-28-16-19-3-2-8-26(15-19)14-18-4-5-21-20(11-18)6-7-24-22(21)23/h2-7,11-13,15H,8-10,14,16H2,1H3,(H2,23,24). The fourth-order valence-corrected chi connectivity index (χ4v) is 3.39. The van der Waals surface area contributed by atoms with Gasteiger partial charge in [0.15, 0.2) is 0 Å². The number of benzene rings is 1. The van der Waals surface area contributed by atoms with Gasteiger partial charge in [0, 0.05) is 37.1 Å². The van der Waals surface area contributed by atoms with E-state index in [2.05, 4.69) is 51.5 Å². The van der Waals surface area contributed by atoms with E-state index in [1.54, 1.807) is 6.20 Å². The van der Waals surface area contributed by atoms with Crippen molar-refractivity contribution in [1.82, 2.24) is 19.7 Å². The highest BCUT2D eigenvalue weighted by atomic mass is 16.5. The lowest BCUT2D eigenvalue weighted by Crippen LogP contribution is -2.21. The van der Waals surface area contributed by atoms with Crippen LogP contribution in [0.1, 0.15) is 11.1 Å². The zero-order chi connectivity index (χ0) is 19.3. The SMILES string of the molecule is Cc1cnn(CCOCC2=CN(Cc3ccc4c(N)nccc4c3)CC=C2)c1. The summed E-state index contributed by atoms with van der Waals surface area (Å²) in [7, 11) is 0. The van der Waals surface area contributed by atoms with Gasteiger partial charge < -0.3 is 15.4 Å². The molecular weight excluding hydrogens is 350 g/mol. The van der Waals surface area contributed by atoms with Crippen molar-refractivity contribution in [3.63, 3.8) is 0 Å². The number of pyridine rings is 1. The molecule has 0 saturated carbocycles. The van der Waals surface area contributed by atoms with E-state index >= 15 is 0 Å². The number of hydrogen-bond donors (Lipinski definition) is 1. The van der Waals surface area contributed by atoms with E-state index in [1.165, 1.54) is 16.7 Å². The number of fused-ring (bicyclic) bond motifs is 1. The summed E-state index contributed by atoms with van der Waals surface area (Å²) in [5.41, 5.74) is 9.54. The van der Waals surface area contributed by atoms with Gasteiger partial charge in [-0.15, -0.1) is 0 Å². The normalized spacial score (nSPS) is 13.9. The molecule has 0 atom stereocenters. The van der Waals surface area contributed by atoms with Crippen molar-refractivity contribution < 1.29 is 4.74 Å². The summed E-state index contributed by atoms with van der Waals surface area (Å²) in [4.78, 5) is 6.44. The van der Waals surface area contributed by atoms with Crippen molar-refractivity contribution >= 4 is 16.6 Å². The molecule has 0 spiro atoms. The van der Waals surface area contributed by atoms with E-state index in [1.807, 2.05) is 30.1 Å². The van der Waals surface area contributed by atoms with Crippen molar-refractivity contribution in [3.05, 3.63) is 77.9 Å². The third-order valence-electron chi connectivity index (χ3n) is 4.76. The molecule has 1 aliphatic heterocycles. The Morgan fingerprint density at radius 2 is 2.18 bits per heavy atom. The smallest absolute Gasteiger partial charge is 0.131 e. The van der Waals surface area contributed by atoms with Crippen molar-refractivity contribution in [2.24, 2.45) is 0 Å². The van der Waals surface area contributed by atoms with Crippen LogP contribution in [0, 0.1) is 6.92 Å². The first kappa shape index (κ1) is 18.3. The van der Waals surface area contributed by atoms with E-state index in [4.69, 9.17) is 10.5 Å². The highest BCUT2D eigenvalue weighted by Gasteiger charge is 2.08. The van der Waals surface area contributed by atoms with Crippen LogP contribution in [-0.4, -0.2) is 39.4 Å². The van der Waals surface area contributed by atoms with Crippen LogP contribution >= 0.6 is 0 Å². The van der Waals surface area contributed by atoms with Crippen molar-refractivity contribution in [1.29, 1.82) is 0 Å². The second-order valence-electron chi connectivity index (χ2n) is 7.12. The summed E-state index contributed by atoms with van der Waals surface area (Å²) in [6, 6.07) is 8.36. The second kappa shape index (κ2) is 8.27. The molecule has 3 heterocycles. The van der Waals surface area contributed by atoms with Gasteiger partial charge in [-0.25, -0.2) is 4.98 Å². The molecule has 4 rings (SSSR count). The van der Waals surface area contributed by atoms with Gasteiger partial charge in [-0.2, -0.15) is 5.10 Å². The zero-order valence-corrected chi connectivity index (χ0v) is 16.1. The average molecular weight is 375 g/mol. The molecular formula is C22H25N5O. The maximum Gasteiger partial charge on any atom is 0.131 e. The first-order valence-electron chi connectivity index (χ1n) is 9.48. The summed E-state index contributed by atoms with van der Waals surface area (Å²) < 4.78 is 7.74. The van der Waals surface area contributed by atoms with Gasteiger partial charge in [-0.3, -0.25) is 4.68 Å². The van der Waals surface area contributed by atoms with Crippen molar-refractivity contribution in [2.45, 2.75) is 20.0 Å². The zero-order valence-electron chi connectivity index (χ0n) is 16.1. The molecule has 2 N–H and O–H groups in total. The van der Waals surface area contributed by atoms with Crippen LogP contribution in [0.3, 0.4) is 0 Å². The van der Waals surface area contributed by atoms with Gasteiger partial charge in [0.2, 0.25) is 0 Å². The molecule has 1 aromatic carbocycles. The molecule has 3 aromatic rings. The van der Waals surface area contributed by atoms with E-state index in [0.29, 0.717) is 19.0 Å². The lowest BCUT2D eigenvalue weighted by Gasteiger charge is -2.23.